The second-order valence-corrected chi connectivity index (χ2v) is 7.94. The van der Waals surface area contributed by atoms with E-state index in [2.05, 4.69) is 46.5 Å². The van der Waals surface area contributed by atoms with Crippen molar-refractivity contribution in [3.05, 3.63) is 76.7 Å². The molecule has 0 N–H and O–H groups in total. The summed E-state index contributed by atoms with van der Waals surface area (Å²) in [7, 11) is 0. The minimum absolute atomic E-state index is 0. The van der Waals surface area contributed by atoms with Gasteiger partial charge in [-0.3, -0.25) is 4.79 Å². The van der Waals surface area contributed by atoms with Gasteiger partial charge in [0.25, 0.3) is 5.82 Å². The van der Waals surface area contributed by atoms with E-state index in [1.54, 1.807) is 0 Å². The molecule has 3 nitrogen and oxygen atoms in total. The summed E-state index contributed by atoms with van der Waals surface area (Å²) in [5.74, 6) is 1.41. The maximum atomic E-state index is 12.9. The minimum Gasteiger partial charge on any atom is -1.00 e. The van der Waals surface area contributed by atoms with Crippen LogP contribution in [0.15, 0.2) is 54.7 Å². The van der Waals surface area contributed by atoms with Gasteiger partial charge in [0.15, 0.2) is 12.2 Å². The predicted octanol–water partition coefficient (Wildman–Crippen LogP) is 2.27. The zero-order chi connectivity index (χ0) is 19.5. The van der Waals surface area contributed by atoms with Crippen LogP contribution in [0.3, 0.4) is 0 Å². The van der Waals surface area contributed by atoms with Crippen LogP contribution in [0.25, 0.3) is 11.3 Å². The Kier molecular flexibility index (Phi) is 7.31. The van der Waals surface area contributed by atoms with Crippen molar-refractivity contribution in [3.63, 3.8) is 0 Å². The number of carbonyl (C=O) groups is 1. The highest BCUT2D eigenvalue weighted by molar-refractivity contribution is 6.30. The van der Waals surface area contributed by atoms with Crippen molar-refractivity contribution in [1.82, 2.24) is 4.57 Å². The van der Waals surface area contributed by atoms with Gasteiger partial charge in [0.1, 0.15) is 6.20 Å². The highest BCUT2D eigenvalue weighted by Gasteiger charge is 2.27. The number of benzene rings is 2. The molecule has 0 spiro atoms. The molecule has 0 amide bonds. The number of Topliss-reactive ketones (excluding diaryl/α,β-unsaturated/α-hetero) is 1. The van der Waals surface area contributed by atoms with E-state index in [0.717, 1.165) is 35.5 Å². The Hall–Kier alpha value is -1.91. The molecular formula is C24H26BrClN2O. The molecular weight excluding hydrogens is 448 g/mol. The monoisotopic (exact) mass is 472 g/mol. The van der Waals surface area contributed by atoms with Gasteiger partial charge in [0, 0.05) is 22.6 Å². The average molecular weight is 474 g/mol. The number of halogens is 2. The molecule has 0 saturated carbocycles. The van der Waals surface area contributed by atoms with Crippen molar-refractivity contribution >= 4 is 17.4 Å². The third kappa shape index (κ3) is 4.81. The second kappa shape index (κ2) is 9.73. The highest BCUT2D eigenvalue weighted by Crippen LogP contribution is 2.25. The van der Waals surface area contributed by atoms with Gasteiger partial charge in [-0.2, -0.15) is 0 Å². The lowest BCUT2D eigenvalue weighted by Crippen LogP contribution is -3.00. The summed E-state index contributed by atoms with van der Waals surface area (Å²) in [5.41, 5.74) is 4.35. The first-order valence-corrected chi connectivity index (χ1v) is 10.5. The van der Waals surface area contributed by atoms with Gasteiger partial charge in [-0.05, 0) is 55.5 Å². The van der Waals surface area contributed by atoms with Crippen LogP contribution in [0.4, 0.5) is 0 Å². The Labute approximate surface area is 188 Å². The lowest BCUT2D eigenvalue weighted by molar-refractivity contribution is -0.690. The van der Waals surface area contributed by atoms with Gasteiger partial charge >= 0.3 is 0 Å². The third-order valence-electron chi connectivity index (χ3n) is 5.63. The molecule has 29 heavy (non-hydrogen) atoms. The van der Waals surface area contributed by atoms with Crippen LogP contribution in [0.2, 0.25) is 5.02 Å². The summed E-state index contributed by atoms with van der Waals surface area (Å²) in [5, 5.41) is 0.741. The fourth-order valence-electron chi connectivity index (χ4n) is 4.00. The Balaban J connectivity index is 0.00000240. The molecule has 0 atom stereocenters. The first kappa shape index (κ1) is 21.8. The van der Waals surface area contributed by atoms with Crippen LogP contribution in [-0.2, 0) is 25.9 Å². The number of carbonyl (C=O) groups excluding carboxylic acids is 1. The van der Waals surface area contributed by atoms with Crippen molar-refractivity contribution in [3.8, 4) is 11.3 Å². The summed E-state index contributed by atoms with van der Waals surface area (Å²) >= 11 is 6.08. The van der Waals surface area contributed by atoms with E-state index in [4.69, 9.17) is 11.6 Å². The highest BCUT2D eigenvalue weighted by atomic mass is 79.9. The Morgan fingerprint density at radius 3 is 2.45 bits per heavy atom. The Morgan fingerprint density at radius 1 is 1.03 bits per heavy atom. The van der Waals surface area contributed by atoms with Crippen molar-refractivity contribution in [2.24, 2.45) is 0 Å². The molecule has 5 heteroatoms. The maximum absolute atomic E-state index is 12.9. The van der Waals surface area contributed by atoms with Crippen molar-refractivity contribution in [2.45, 2.75) is 52.1 Å². The molecule has 0 fully saturated rings. The molecule has 0 radical (unpaired) electrons. The van der Waals surface area contributed by atoms with Crippen LogP contribution in [-0.4, -0.2) is 10.4 Å². The normalized spacial score (nSPS) is 13.3. The molecule has 1 aromatic heterocycles. The molecule has 0 saturated heterocycles. The van der Waals surface area contributed by atoms with Crippen LogP contribution in [0, 0.1) is 0 Å². The number of nitrogens with zero attached hydrogens (tertiary/aromatic N) is 2. The minimum atomic E-state index is 0. The quantitative estimate of drug-likeness (QED) is 0.412. The molecule has 2 aromatic carbocycles. The van der Waals surface area contributed by atoms with Gasteiger partial charge in [0.2, 0.25) is 5.78 Å². The van der Waals surface area contributed by atoms with E-state index >= 15 is 0 Å². The van der Waals surface area contributed by atoms with E-state index in [1.807, 2.05) is 24.3 Å². The van der Waals surface area contributed by atoms with E-state index in [0.29, 0.717) is 6.54 Å². The number of aromatic nitrogens is 2. The van der Waals surface area contributed by atoms with Crippen LogP contribution in [0.1, 0.15) is 47.9 Å². The number of hydrogen-bond acceptors (Lipinski definition) is 1. The molecule has 152 valence electrons. The molecule has 0 aliphatic carbocycles. The third-order valence-corrected chi connectivity index (χ3v) is 5.88. The summed E-state index contributed by atoms with van der Waals surface area (Å²) in [6.45, 7) is 3.51. The molecule has 1 aliphatic rings. The molecule has 3 aromatic rings. The smallest absolute Gasteiger partial charge is 0.257 e. The zero-order valence-corrected chi connectivity index (χ0v) is 19.0. The van der Waals surface area contributed by atoms with Gasteiger partial charge in [0.05, 0.1) is 6.54 Å². The lowest BCUT2D eigenvalue weighted by Gasteiger charge is -2.04. The Morgan fingerprint density at radius 2 is 1.76 bits per heavy atom. The molecule has 2 heterocycles. The van der Waals surface area contributed by atoms with Gasteiger partial charge in [-0.1, -0.05) is 42.8 Å². The number of aryl methyl sites for hydroxylation is 1. The van der Waals surface area contributed by atoms with E-state index in [-0.39, 0.29) is 22.8 Å². The molecule has 1 aliphatic heterocycles. The van der Waals surface area contributed by atoms with Crippen molar-refractivity contribution in [2.75, 3.05) is 0 Å². The average Bonchev–Trinajstić information content (AvgIpc) is 2.90. The van der Waals surface area contributed by atoms with Gasteiger partial charge in [-0.25, -0.2) is 9.13 Å². The molecule has 4 rings (SSSR count). The largest absolute Gasteiger partial charge is 1.00 e. The SMILES string of the molecule is CCc1ccc(C(=O)C[n+]2cc(-c3ccc(Cl)cc3)n3c2CCCCC3)cc1.[Br-]. The molecule has 0 unspecified atom stereocenters. The number of fused-ring (bicyclic) bond motifs is 1. The second-order valence-electron chi connectivity index (χ2n) is 7.50. The fourth-order valence-corrected chi connectivity index (χ4v) is 4.13. The Bertz CT molecular complexity index is 977. The summed E-state index contributed by atoms with van der Waals surface area (Å²) in [6.07, 6.45) is 7.71. The van der Waals surface area contributed by atoms with Crippen LogP contribution >= 0.6 is 11.6 Å². The van der Waals surface area contributed by atoms with Crippen molar-refractivity contribution in [1.29, 1.82) is 0 Å². The van der Waals surface area contributed by atoms with Crippen LogP contribution in [0.5, 0.6) is 0 Å². The standard InChI is InChI=1S/C24H26ClN2O.BrH/c1-2-18-7-9-20(10-8-18)23(28)17-26-16-22(19-11-13-21(25)14-12-19)27-15-5-3-4-6-24(26)27;/h7-14,16H,2-6,15,17H2,1H3;1H/q+1;/p-1. The number of imidazole rings is 1. The van der Waals surface area contributed by atoms with Gasteiger partial charge in [-0.15, -0.1) is 0 Å². The topological polar surface area (TPSA) is 25.9 Å². The maximum Gasteiger partial charge on any atom is 0.257 e. The number of hydrogen-bond donors (Lipinski definition) is 0. The summed E-state index contributed by atoms with van der Waals surface area (Å²) in [6, 6.07) is 16.0. The zero-order valence-electron chi connectivity index (χ0n) is 16.7. The van der Waals surface area contributed by atoms with Crippen molar-refractivity contribution < 1.29 is 26.3 Å². The number of rotatable bonds is 5. The van der Waals surface area contributed by atoms with E-state index in [1.165, 1.54) is 36.3 Å². The fraction of sp³-hybridized carbons (Fsp3) is 0.333. The predicted molar refractivity (Wildman–Crippen MR) is 113 cm³/mol. The first-order chi connectivity index (χ1) is 13.7. The summed E-state index contributed by atoms with van der Waals surface area (Å²) in [4.78, 5) is 12.9. The van der Waals surface area contributed by atoms with Crippen LogP contribution < -0.4 is 21.5 Å². The molecule has 0 bridgehead atoms. The van der Waals surface area contributed by atoms with Gasteiger partial charge < -0.3 is 17.0 Å². The lowest BCUT2D eigenvalue weighted by atomic mass is 10.1. The number of ketones is 1. The van der Waals surface area contributed by atoms with E-state index in [9.17, 15) is 4.79 Å². The van der Waals surface area contributed by atoms with E-state index < -0.39 is 0 Å². The summed E-state index contributed by atoms with van der Waals surface area (Å²) < 4.78 is 4.55. The first-order valence-electron chi connectivity index (χ1n) is 10.2.